The Labute approximate surface area is 127 Å². The summed E-state index contributed by atoms with van der Waals surface area (Å²) in [7, 11) is 0. The number of benzene rings is 1. The van der Waals surface area contributed by atoms with E-state index < -0.39 is 0 Å². The third-order valence-corrected chi connectivity index (χ3v) is 3.74. The molecular weight excluding hydrogens is 297 g/mol. The molecule has 1 heterocycles. The molecule has 6 heteroatoms. The van der Waals surface area contributed by atoms with Gasteiger partial charge >= 0.3 is 0 Å². The molecule has 1 aromatic heterocycles. The van der Waals surface area contributed by atoms with Crippen LogP contribution in [0.15, 0.2) is 18.2 Å². The Hall–Kier alpha value is -1.52. The van der Waals surface area contributed by atoms with Gasteiger partial charge in [-0.2, -0.15) is 5.10 Å². The first-order valence-corrected chi connectivity index (χ1v) is 6.89. The van der Waals surface area contributed by atoms with E-state index >= 15 is 0 Å². The summed E-state index contributed by atoms with van der Waals surface area (Å²) in [4.78, 5) is 11.2. The van der Waals surface area contributed by atoms with Crippen LogP contribution in [0.4, 0.5) is 5.69 Å². The van der Waals surface area contributed by atoms with Gasteiger partial charge in [-0.1, -0.05) is 29.3 Å². The molecule has 1 aromatic carbocycles. The van der Waals surface area contributed by atoms with Crippen molar-refractivity contribution in [2.45, 2.75) is 27.3 Å². The fraction of sp³-hybridized carbons (Fsp3) is 0.286. The van der Waals surface area contributed by atoms with Crippen molar-refractivity contribution in [3.8, 4) is 0 Å². The minimum Gasteiger partial charge on any atom is -0.323 e. The van der Waals surface area contributed by atoms with Crippen LogP contribution in [0.1, 0.15) is 23.9 Å². The largest absolute Gasteiger partial charge is 0.323 e. The van der Waals surface area contributed by atoms with Crippen LogP contribution >= 0.6 is 23.2 Å². The molecule has 0 aliphatic carbocycles. The number of nitrogens with zero attached hydrogens (tertiary/aromatic N) is 2. The van der Waals surface area contributed by atoms with Crippen LogP contribution in [-0.2, 0) is 11.3 Å². The van der Waals surface area contributed by atoms with E-state index in [4.69, 9.17) is 23.2 Å². The number of hydrogen-bond donors (Lipinski definition) is 1. The quantitative estimate of drug-likeness (QED) is 0.936. The second kappa shape index (κ2) is 5.85. The van der Waals surface area contributed by atoms with Gasteiger partial charge < -0.3 is 5.32 Å². The number of carbonyl (C=O) groups excluding carboxylic acids is 1. The first-order chi connectivity index (χ1) is 9.38. The molecule has 0 atom stereocenters. The molecule has 0 saturated carbocycles. The predicted octanol–water partition coefficient (Wildman–Crippen LogP) is 3.81. The van der Waals surface area contributed by atoms with Crippen molar-refractivity contribution in [1.29, 1.82) is 0 Å². The lowest BCUT2D eigenvalue weighted by molar-refractivity contribution is -0.114. The van der Waals surface area contributed by atoms with Gasteiger partial charge in [-0.3, -0.25) is 9.48 Å². The smallest absolute Gasteiger partial charge is 0.221 e. The van der Waals surface area contributed by atoms with Gasteiger partial charge in [-0.25, -0.2) is 0 Å². The molecule has 0 fully saturated rings. The Kier molecular flexibility index (Phi) is 4.35. The van der Waals surface area contributed by atoms with E-state index in [0.29, 0.717) is 16.6 Å². The lowest BCUT2D eigenvalue weighted by Gasteiger charge is -2.07. The summed E-state index contributed by atoms with van der Waals surface area (Å²) in [6.45, 7) is 5.84. The monoisotopic (exact) mass is 311 g/mol. The Morgan fingerprint density at radius 1 is 1.30 bits per heavy atom. The lowest BCUT2D eigenvalue weighted by atomic mass is 10.2. The number of aromatic nitrogens is 2. The molecule has 2 aromatic rings. The molecule has 1 amide bonds. The fourth-order valence-corrected chi connectivity index (χ4v) is 2.34. The molecule has 2 rings (SSSR count). The fourth-order valence-electron chi connectivity index (χ4n) is 2.02. The molecule has 0 radical (unpaired) electrons. The van der Waals surface area contributed by atoms with Crippen LogP contribution in [0.3, 0.4) is 0 Å². The average molecular weight is 312 g/mol. The summed E-state index contributed by atoms with van der Waals surface area (Å²) < 4.78 is 1.83. The number of rotatable bonds is 3. The van der Waals surface area contributed by atoms with Crippen molar-refractivity contribution >= 4 is 34.8 Å². The maximum absolute atomic E-state index is 11.2. The third-order valence-electron chi connectivity index (χ3n) is 3.00. The normalized spacial score (nSPS) is 10.7. The molecule has 4 nitrogen and oxygen atoms in total. The van der Waals surface area contributed by atoms with Crippen LogP contribution in [0.25, 0.3) is 0 Å². The van der Waals surface area contributed by atoms with Gasteiger partial charge in [0.1, 0.15) is 0 Å². The van der Waals surface area contributed by atoms with E-state index in [9.17, 15) is 4.79 Å². The number of amides is 1. The van der Waals surface area contributed by atoms with Crippen LogP contribution in [0.5, 0.6) is 0 Å². The molecule has 0 spiro atoms. The maximum Gasteiger partial charge on any atom is 0.221 e. The Morgan fingerprint density at radius 3 is 2.60 bits per heavy atom. The van der Waals surface area contributed by atoms with Crippen molar-refractivity contribution in [3.05, 3.63) is 45.2 Å². The molecule has 0 saturated heterocycles. The van der Waals surface area contributed by atoms with Gasteiger partial charge in [0, 0.05) is 6.92 Å². The van der Waals surface area contributed by atoms with Gasteiger partial charge in [-0.05, 0) is 31.5 Å². The first-order valence-electron chi connectivity index (χ1n) is 6.14. The summed E-state index contributed by atoms with van der Waals surface area (Å²) in [5.74, 6) is -0.106. The molecule has 0 unspecified atom stereocenters. The maximum atomic E-state index is 11.2. The number of carbonyl (C=O) groups is 1. The van der Waals surface area contributed by atoms with Crippen LogP contribution in [0, 0.1) is 13.8 Å². The van der Waals surface area contributed by atoms with E-state index in [1.165, 1.54) is 6.92 Å². The minimum absolute atomic E-state index is 0.106. The average Bonchev–Trinajstić information content (AvgIpc) is 2.61. The second-order valence-corrected chi connectivity index (χ2v) is 5.45. The van der Waals surface area contributed by atoms with Crippen LogP contribution < -0.4 is 5.32 Å². The lowest BCUT2D eigenvalue weighted by Crippen LogP contribution is -2.08. The number of hydrogen-bond acceptors (Lipinski definition) is 2. The number of anilines is 1. The van der Waals surface area contributed by atoms with Gasteiger partial charge in [0.25, 0.3) is 0 Å². The highest BCUT2D eigenvalue weighted by Gasteiger charge is 2.13. The predicted molar refractivity (Wildman–Crippen MR) is 81.6 cm³/mol. The number of nitrogens with one attached hydrogen (secondary N) is 1. The zero-order chi connectivity index (χ0) is 14.9. The van der Waals surface area contributed by atoms with Gasteiger partial charge in [0.15, 0.2) is 0 Å². The minimum atomic E-state index is -0.106. The standard InChI is InChI=1S/C14H15Cl2N3O/c1-8-14(17-10(3)20)9(2)19(18-8)7-11-4-5-12(15)13(16)6-11/h4-6H,7H2,1-3H3,(H,17,20). The van der Waals surface area contributed by atoms with Crippen molar-refractivity contribution in [2.75, 3.05) is 5.32 Å². The van der Waals surface area contributed by atoms with Crippen molar-refractivity contribution in [2.24, 2.45) is 0 Å². The van der Waals surface area contributed by atoms with Crippen molar-refractivity contribution in [3.63, 3.8) is 0 Å². The third kappa shape index (κ3) is 3.14. The molecule has 0 aliphatic rings. The molecule has 0 bridgehead atoms. The highest BCUT2D eigenvalue weighted by Crippen LogP contribution is 2.24. The Morgan fingerprint density at radius 2 is 2.00 bits per heavy atom. The summed E-state index contributed by atoms with van der Waals surface area (Å²) in [6, 6.07) is 5.49. The van der Waals surface area contributed by atoms with E-state index in [0.717, 1.165) is 22.6 Å². The van der Waals surface area contributed by atoms with Crippen LogP contribution in [0.2, 0.25) is 10.0 Å². The van der Waals surface area contributed by atoms with E-state index in [-0.39, 0.29) is 5.91 Å². The molecule has 0 aliphatic heterocycles. The SMILES string of the molecule is CC(=O)Nc1c(C)nn(Cc2ccc(Cl)c(Cl)c2)c1C. The molecule has 1 N–H and O–H groups in total. The van der Waals surface area contributed by atoms with Crippen molar-refractivity contribution in [1.82, 2.24) is 9.78 Å². The topological polar surface area (TPSA) is 46.9 Å². The second-order valence-electron chi connectivity index (χ2n) is 4.63. The highest BCUT2D eigenvalue weighted by molar-refractivity contribution is 6.42. The molecule has 20 heavy (non-hydrogen) atoms. The van der Waals surface area contributed by atoms with E-state index in [1.54, 1.807) is 6.07 Å². The number of halogens is 2. The zero-order valence-corrected chi connectivity index (χ0v) is 13.0. The number of aryl methyl sites for hydroxylation is 1. The molecule has 106 valence electrons. The summed E-state index contributed by atoms with van der Waals surface area (Å²) >= 11 is 11.9. The zero-order valence-electron chi connectivity index (χ0n) is 11.5. The first kappa shape index (κ1) is 14.9. The Bertz CT molecular complexity index is 665. The summed E-state index contributed by atoms with van der Waals surface area (Å²) in [6.07, 6.45) is 0. The van der Waals surface area contributed by atoms with E-state index in [2.05, 4.69) is 10.4 Å². The summed E-state index contributed by atoms with van der Waals surface area (Å²) in [5.41, 5.74) is 3.46. The van der Waals surface area contributed by atoms with Crippen LogP contribution in [-0.4, -0.2) is 15.7 Å². The molecular formula is C14H15Cl2N3O. The van der Waals surface area contributed by atoms with Gasteiger partial charge in [0.05, 0.1) is 33.7 Å². The summed E-state index contributed by atoms with van der Waals surface area (Å²) in [5, 5.41) is 8.29. The Balaban J connectivity index is 2.29. The van der Waals surface area contributed by atoms with Gasteiger partial charge in [-0.15, -0.1) is 0 Å². The van der Waals surface area contributed by atoms with Crippen molar-refractivity contribution < 1.29 is 4.79 Å². The highest BCUT2D eigenvalue weighted by atomic mass is 35.5. The van der Waals surface area contributed by atoms with E-state index in [1.807, 2.05) is 30.7 Å². The van der Waals surface area contributed by atoms with Gasteiger partial charge in [0.2, 0.25) is 5.91 Å².